The number of nitrogens with one attached hydrogen (secondary N) is 2. The fraction of sp³-hybridized carbons (Fsp3) is 0.265. The zero-order chi connectivity index (χ0) is 33.8. The minimum Gasteiger partial charge on any atom is -0.497 e. The van der Waals surface area contributed by atoms with Crippen molar-refractivity contribution in [1.82, 2.24) is 24.6 Å². The number of hydrogen-bond donors (Lipinski definition) is 2. The van der Waals surface area contributed by atoms with Crippen LogP contribution in [0, 0.1) is 0 Å². The molecular weight excluding hydrogens is 627 g/mol. The van der Waals surface area contributed by atoms with E-state index in [0.717, 1.165) is 29.6 Å². The van der Waals surface area contributed by atoms with Crippen molar-refractivity contribution in [2.45, 2.75) is 38.6 Å². The van der Waals surface area contributed by atoms with E-state index in [1.807, 2.05) is 31.2 Å². The van der Waals surface area contributed by atoms with E-state index in [2.05, 4.69) is 20.6 Å². The van der Waals surface area contributed by atoms with Gasteiger partial charge >= 0.3 is 6.18 Å². The van der Waals surface area contributed by atoms with Gasteiger partial charge in [0.2, 0.25) is 11.8 Å². The number of halogens is 3. The van der Waals surface area contributed by atoms with Crippen molar-refractivity contribution < 1.29 is 32.2 Å². The van der Waals surface area contributed by atoms with Gasteiger partial charge in [-0.2, -0.15) is 13.2 Å². The number of methoxy groups -OCH3 is 1. The molecule has 0 bridgehead atoms. The second kappa shape index (κ2) is 13.6. The summed E-state index contributed by atoms with van der Waals surface area (Å²) in [5.41, 5.74) is 2.15. The van der Waals surface area contributed by atoms with E-state index >= 15 is 0 Å². The largest absolute Gasteiger partial charge is 0.497 e. The normalized spacial score (nSPS) is 14.6. The minimum atomic E-state index is -4.56. The fourth-order valence-electron chi connectivity index (χ4n) is 5.42. The molecule has 0 unspecified atom stereocenters. The first-order valence-electron chi connectivity index (χ1n) is 15.3. The first kappa shape index (κ1) is 32.3. The Morgan fingerprint density at radius 3 is 2.46 bits per heavy atom. The van der Waals surface area contributed by atoms with Crippen LogP contribution >= 0.6 is 0 Å². The summed E-state index contributed by atoms with van der Waals surface area (Å²) in [6, 6.07) is 17.5. The molecule has 2 N–H and O–H groups in total. The lowest BCUT2D eigenvalue weighted by molar-refractivity contribution is -0.137. The van der Waals surface area contributed by atoms with Crippen molar-refractivity contribution in [3.63, 3.8) is 0 Å². The van der Waals surface area contributed by atoms with Gasteiger partial charge < -0.3 is 25.0 Å². The van der Waals surface area contributed by atoms with Crippen LogP contribution in [0.2, 0.25) is 0 Å². The SMILES string of the molecule is CCC(=O)N1CC[C@@H](Oc2nn(Cc3ccc(OC)cc3)c3nccc(Nc4ccc(C(=O)Nc5cc(C(F)(F)F)ccn5)cc4)c23)C1. The van der Waals surface area contributed by atoms with Gasteiger partial charge in [-0.05, 0) is 60.2 Å². The highest BCUT2D eigenvalue weighted by molar-refractivity contribution is 6.04. The number of aromatic nitrogens is 4. The number of rotatable bonds is 10. The number of pyridine rings is 2. The average molecular weight is 660 g/mol. The van der Waals surface area contributed by atoms with Gasteiger partial charge in [-0.25, -0.2) is 14.6 Å². The maximum absolute atomic E-state index is 13.1. The molecule has 0 radical (unpaired) electrons. The number of carbonyl (C=O) groups is 2. The Hall–Kier alpha value is -5.66. The molecule has 1 atom stereocenters. The predicted molar refractivity (Wildman–Crippen MR) is 172 cm³/mol. The number of hydrogen-bond acceptors (Lipinski definition) is 8. The molecule has 1 saturated heterocycles. The molecule has 1 fully saturated rings. The summed E-state index contributed by atoms with van der Waals surface area (Å²) >= 11 is 0. The maximum atomic E-state index is 13.1. The quantitative estimate of drug-likeness (QED) is 0.179. The Morgan fingerprint density at radius 1 is 1.00 bits per heavy atom. The molecule has 0 spiro atoms. The fourth-order valence-corrected chi connectivity index (χ4v) is 5.42. The molecule has 11 nitrogen and oxygen atoms in total. The molecule has 6 rings (SSSR count). The van der Waals surface area contributed by atoms with Crippen molar-refractivity contribution in [2.24, 2.45) is 0 Å². The van der Waals surface area contributed by atoms with Crippen LogP contribution in [0.25, 0.3) is 11.0 Å². The molecule has 3 aromatic heterocycles. The molecule has 14 heteroatoms. The Balaban J connectivity index is 1.25. The van der Waals surface area contributed by atoms with Gasteiger partial charge in [0.15, 0.2) is 5.65 Å². The summed E-state index contributed by atoms with van der Waals surface area (Å²) in [5, 5.41) is 11.2. The lowest BCUT2D eigenvalue weighted by atomic mass is 10.1. The lowest BCUT2D eigenvalue weighted by Gasteiger charge is -2.16. The first-order valence-corrected chi connectivity index (χ1v) is 15.3. The molecule has 0 saturated carbocycles. The topological polar surface area (TPSA) is 124 Å². The van der Waals surface area contributed by atoms with Crippen molar-refractivity contribution in [2.75, 3.05) is 30.8 Å². The molecule has 5 aromatic rings. The van der Waals surface area contributed by atoms with Crippen LogP contribution in [-0.2, 0) is 17.5 Å². The van der Waals surface area contributed by atoms with E-state index in [-0.39, 0.29) is 23.4 Å². The second-order valence-electron chi connectivity index (χ2n) is 11.2. The average Bonchev–Trinajstić information content (AvgIpc) is 3.70. The first-order chi connectivity index (χ1) is 23.1. The van der Waals surface area contributed by atoms with Gasteiger partial charge in [0, 0.05) is 43.0 Å². The van der Waals surface area contributed by atoms with Gasteiger partial charge in [-0.15, -0.1) is 5.10 Å². The molecule has 2 amide bonds. The zero-order valence-electron chi connectivity index (χ0n) is 26.1. The molecule has 1 aliphatic heterocycles. The number of alkyl halides is 3. The van der Waals surface area contributed by atoms with Crippen LogP contribution in [0.1, 0.15) is 41.3 Å². The highest BCUT2D eigenvalue weighted by Gasteiger charge is 2.31. The third-order valence-electron chi connectivity index (χ3n) is 7.93. The van der Waals surface area contributed by atoms with Crippen LogP contribution < -0.4 is 20.1 Å². The third kappa shape index (κ3) is 7.17. The number of amides is 2. The van der Waals surface area contributed by atoms with E-state index < -0.39 is 17.6 Å². The number of fused-ring (bicyclic) bond motifs is 1. The Kier molecular flexibility index (Phi) is 9.15. The van der Waals surface area contributed by atoms with Crippen molar-refractivity contribution >= 4 is 40.0 Å². The lowest BCUT2D eigenvalue weighted by Crippen LogP contribution is -2.30. The Morgan fingerprint density at radius 2 is 1.75 bits per heavy atom. The summed E-state index contributed by atoms with van der Waals surface area (Å²) in [4.78, 5) is 35.3. The number of nitrogens with zero attached hydrogens (tertiary/aromatic N) is 5. The van der Waals surface area contributed by atoms with Crippen LogP contribution in [0.3, 0.4) is 0 Å². The van der Waals surface area contributed by atoms with Crippen LogP contribution in [0.15, 0.2) is 79.1 Å². The van der Waals surface area contributed by atoms with E-state index in [4.69, 9.17) is 14.6 Å². The molecule has 1 aliphatic rings. The van der Waals surface area contributed by atoms with E-state index in [1.165, 1.54) is 0 Å². The highest BCUT2D eigenvalue weighted by atomic mass is 19.4. The van der Waals surface area contributed by atoms with Gasteiger partial charge in [0.05, 0.1) is 31.5 Å². The van der Waals surface area contributed by atoms with Crippen LogP contribution in [-0.4, -0.2) is 62.8 Å². The second-order valence-corrected chi connectivity index (χ2v) is 11.2. The number of anilines is 3. The van der Waals surface area contributed by atoms with Crippen molar-refractivity contribution in [3.05, 3.63) is 95.8 Å². The van der Waals surface area contributed by atoms with Crippen molar-refractivity contribution in [1.29, 1.82) is 0 Å². The number of carbonyl (C=O) groups excluding carboxylic acids is 2. The summed E-state index contributed by atoms with van der Waals surface area (Å²) < 4.78 is 52.7. The molecule has 4 heterocycles. The van der Waals surface area contributed by atoms with E-state index in [1.54, 1.807) is 53.2 Å². The zero-order valence-corrected chi connectivity index (χ0v) is 26.1. The third-order valence-corrected chi connectivity index (χ3v) is 7.93. The Bertz CT molecular complexity index is 1930. The minimum absolute atomic E-state index is 0.0724. The molecule has 48 heavy (non-hydrogen) atoms. The number of likely N-dealkylation sites (tertiary alicyclic amines) is 1. The summed E-state index contributed by atoms with van der Waals surface area (Å²) in [6.45, 7) is 3.31. The summed E-state index contributed by atoms with van der Waals surface area (Å²) in [7, 11) is 1.61. The number of ether oxygens (including phenoxy) is 2. The molecular formula is C34H32F3N7O4. The smallest absolute Gasteiger partial charge is 0.416 e. The van der Waals surface area contributed by atoms with Crippen molar-refractivity contribution in [3.8, 4) is 11.6 Å². The van der Waals surface area contributed by atoms with Gasteiger partial charge in [0.25, 0.3) is 5.91 Å². The number of benzene rings is 2. The summed E-state index contributed by atoms with van der Waals surface area (Å²) in [6.07, 6.45) is -1.07. The van der Waals surface area contributed by atoms with Crippen LogP contribution in [0.4, 0.5) is 30.4 Å². The monoisotopic (exact) mass is 659 g/mol. The van der Waals surface area contributed by atoms with E-state index in [0.29, 0.717) is 60.8 Å². The molecule has 0 aliphatic carbocycles. The molecule has 248 valence electrons. The Labute approximate surface area is 273 Å². The standard InChI is InChI=1S/C34H32F3N7O4/c1-3-29(45)43-17-14-26(20-43)48-33-30-27(13-16-39-31(30)44(42-33)19-21-4-10-25(47-2)11-5-21)40-24-8-6-22(7-9-24)32(46)41-28-18-23(12-15-38-28)34(35,36)37/h4-13,15-16,18,26H,3,14,17,19-20H2,1-2H3,(H,39,40)(H,38,41,46)/t26-/m1/s1. The molecule has 2 aromatic carbocycles. The summed E-state index contributed by atoms with van der Waals surface area (Å²) in [5.74, 6) is 0.362. The van der Waals surface area contributed by atoms with E-state index in [9.17, 15) is 22.8 Å². The van der Waals surface area contributed by atoms with Gasteiger partial charge in [-0.1, -0.05) is 19.1 Å². The van der Waals surface area contributed by atoms with Gasteiger partial charge in [0.1, 0.15) is 23.1 Å². The van der Waals surface area contributed by atoms with Gasteiger partial charge in [-0.3, -0.25) is 9.59 Å². The highest BCUT2D eigenvalue weighted by Crippen LogP contribution is 2.35. The van der Waals surface area contributed by atoms with Crippen LogP contribution in [0.5, 0.6) is 11.6 Å². The maximum Gasteiger partial charge on any atom is 0.416 e. The predicted octanol–water partition coefficient (Wildman–Crippen LogP) is 6.29.